The van der Waals surface area contributed by atoms with Crippen molar-refractivity contribution in [1.29, 1.82) is 0 Å². The Morgan fingerprint density at radius 3 is 1.95 bits per heavy atom. The minimum atomic E-state index is -1.63. The molecule has 0 aromatic carbocycles. The molecule has 0 saturated heterocycles. The maximum absolute atomic E-state index is 12.9. The van der Waals surface area contributed by atoms with Gasteiger partial charge in [0, 0.05) is 13.6 Å². The predicted octanol–water partition coefficient (Wildman–Crippen LogP) is -3.72. The van der Waals surface area contributed by atoms with Crippen molar-refractivity contribution in [2.45, 2.75) is 77.2 Å². The number of aliphatic carboxylic acids is 2. The average Bonchev–Trinajstić information content (AvgIpc) is 2.91. The summed E-state index contributed by atoms with van der Waals surface area (Å²) in [5.74, 6) is -6.83. The molecule has 0 saturated carbocycles. The Balaban J connectivity index is 5.44. The SMILES string of the molecule is CN[C@H](C(=O)N[C@@H](CCCN=C(N)N)C(=O)NCC(=O)N[C@@H](CC(=O)O)C(=O)N[C@@H](C)C(=O)N(C)[C@@H](C)C(=O)O)C(C)C. The number of nitrogens with zero attached hydrogens (tertiary/aromatic N) is 2. The minimum absolute atomic E-state index is 0.0996. The Bertz CT molecular complexity index is 1050. The summed E-state index contributed by atoms with van der Waals surface area (Å²) in [5.41, 5.74) is 10.6. The molecule has 11 N–H and O–H groups in total. The third-order valence-electron chi connectivity index (χ3n) is 6.31. The van der Waals surface area contributed by atoms with Gasteiger partial charge in [0.2, 0.25) is 29.5 Å². The van der Waals surface area contributed by atoms with Crippen LogP contribution in [-0.2, 0) is 33.6 Å². The van der Waals surface area contributed by atoms with Crippen LogP contribution in [0.25, 0.3) is 0 Å². The first-order valence-corrected chi connectivity index (χ1v) is 13.5. The van der Waals surface area contributed by atoms with Crippen molar-refractivity contribution in [2.24, 2.45) is 22.4 Å². The van der Waals surface area contributed by atoms with E-state index in [4.69, 9.17) is 16.6 Å². The van der Waals surface area contributed by atoms with E-state index in [1.165, 1.54) is 20.9 Å². The van der Waals surface area contributed by atoms with Crippen LogP contribution in [0.3, 0.4) is 0 Å². The first-order chi connectivity index (χ1) is 19.9. The average molecular weight is 616 g/mol. The number of amides is 5. The molecule has 43 heavy (non-hydrogen) atoms. The second-order valence-corrected chi connectivity index (χ2v) is 10.1. The Morgan fingerprint density at radius 2 is 1.47 bits per heavy atom. The van der Waals surface area contributed by atoms with Gasteiger partial charge in [-0.1, -0.05) is 13.8 Å². The molecular formula is C25H45N9O9. The van der Waals surface area contributed by atoms with E-state index in [2.05, 4.69) is 31.6 Å². The van der Waals surface area contributed by atoms with Crippen LogP contribution in [0.1, 0.15) is 47.0 Å². The van der Waals surface area contributed by atoms with Crippen LogP contribution < -0.4 is 38.1 Å². The van der Waals surface area contributed by atoms with E-state index in [1.54, 1.807) is 7.05 Å². The zero-order valence-corrected chi connectivity index (χ0v) is 25.3. The van der Waals surface area contributed by atoms with E-state index < -0.39 is 84.6 Å². The normalized spacial score (nSPS) is 14.2. The molecule has 0 radical (unpaired) electrons. The number of rotatable bonds is 19. The van der Waals surface area contributed by atoms with Gasteiger partial charge in [-0.25, -0.2) is 4.79 Å². The maximum Gasteiger partial charge on any atom is 0.326 e. The molecule has 244 valence electrons. The molecule has 0 spiro atoms. The van der Waals surface area contributed by atoms with Gasteiger partial charge in [-0.15, -0.1) is 0 Å². The van der Waals surface area contributed by atoms with Gasteiger partial charge in [0.25, 0.3) is 0 Å². The van der Waals surface area contributed by atoms with Crippen molar-refractivity contribution in [3.8, 4) is 0 Å². The van der Waals surface area contributed by atoms with Crippen molar-refractivity contribution in [3.05, 3.63) is 0 Å². The van der Waals surface area contributed by atoms with Crippen LogP contribution in [0.4, 0.5) is 0 Å². The van der Waals surface area contributed by atoms with Gasteiger partial charge in [-0.05, 0) is 39.7 Å². The largest absolute Gasteiger partial charge is 0.481 e. The number of carboxylic acids is 2. The number of likely N-dealkylation sites (N-methyl/N-ethyl adjacent to an activating group) is 2. The molecule has 0 rings (SSSR count). The van der Waals surface area contributed by atoms with Crippen molar-refractivity contribution < 1.29 is 43.8 Å². The Kier molecular flexibility index (Phi) is 16.9. The number of carbonyl (C=O) groups is 7. The number of nitrogens with one attached hydrogen (secondary N) is 5. The number of aliphatic imine (C=N–C) groups is 1. The minimum Gasteiger partial charge on any atom is -0.481 e. The molecule has 18 nitrogen and oxygen atoms in total. The summed E-state index contributed by atoms with van der Waals surface area (Å²) in [7, 11) is 2.82. The molecule has 18 heteroatoms. The second-order valence-electron chi connectivity index (χ2n) is 10.1. The summed E-state index contributed by atoms with van der Waals surface area (Å²) in [5, 5.41) is 30.6. The fourth-order valence-electron chi connectivity index (χ4n) is 3.76. The van der Waals surface area contributed by atoms with E-state index in [-0.39, 0.29) is 24.8 Å². The highest BCUT2D eigenvalue weighted by molar-refractivity contribution is 5.96. The van der Waals surface area contributed by atoms with Crippen molar-refractivity contribution in [3.63, 3.8) is 0 Å². The molecule has 0 aliphatic rings. The van der Waals surface area contributed by atoms with E-state index >= 15 is 0 Å². The van der Waals surface area contributed by atoms with Gasteiger partial charge in [-0.3, -0.25) is 33.8 Å². The molecule has 0 aliphatic heterocycles. The summed E-state index contributed by atoms with van der Waals surface area (Å²) in [6.07, 6.45) is -0.417. The molecule has 0 unspecified atom stereocenters. The molecule has 0 aliphatic carbocycles. The lowest BCUT2D eigenvalue weighted by Gasteiger charge is -2.26. The van der Waals surface area contributed by atoms with Gasteiger partial charge in [0.1, 0.15) is 24.2 Å². The first kappa shape index (κ1) is 38.5. The van der Waals surface area contributed by atoms with E-state index in [9.17, 15) is 38.7 Å². The van der Waals surface area contributed by atoms with Crippen LogP contribution in [0.2, 0.25) is 0 Å². The molecule has 0 heterocycles. The highest BCUT2D eigenvalue weighted by Gasteiger charge is 2.31. The lowest BCUT2D eigenvalue weighted by Crippen LogP contribution is -2.57. The Morgan fingerprint density at radius 1 is 0.860 bits per heavy atom. The fourth-order valence-corrected chi connectivity index (χ4v) is 3.76. The van der Waals surface area contributed by atoms with Gasteiger partial charge >= 0.3 is 11.9 Å². The van der Waals surface area contributed by atoms with Gasteiger partial charge in [0.05, 0.1) is 19.0 Å². The zero-order chi connectivity index (χ0) is 33.4. The van der Waals surface area contributed by atoms with E-state index in [0.29, 0.717) is 6.42 Å². The summed E-state index contributed by atoms with van der Waals surface area (Å²) in [6.45, 7) is 5.67. The number of hydrogen-bond acceptors (Lipinski definition) is 9. The maximum atomic E-state index is 12.9. The van der Waals surface area contributed by atoms with Crippen molar-refractivity contribution in [1.82, 2.24) is 31.5 Å². The third kappa shape index (κ3) is 14.3. The number of guanidine groups is 1. The Hall–Kier alpha value is -4.48. The zero-order valence-electron chi connectivity index (χ0n) is 25.3. The van der Waals surface area contributed by atoms with Crippen LogP contribution in [0.5, 0.6) is 0 Å². The van der Waals surface area contributed by atoms with Gasteiger partial charge in [0.15, 0.2) is 5.96 Å². The smallest absolute Gasteiger partial charge is 0.326 e. The summed E-state index contributed by atoms with van der Waals surface area (Å²) < 4.78 is 0. The quantitative estimate of drug-likeness (QED) is 0.0385. The van der Waals surface area contributed by atoms with Crippen LogP contribution in [0.15, 0.2) is 4.99 Å². The number of hydrogen-bond donors (Lipinski definition) is 9. The molecule has 0 aromatic rings. The highest BCUT2D eigenvalue weighted by Crippen LogP contribution is 2.05. The fraction of sp³-hybridized carbons (Fsp3) is 0.680. The lowest BCUT2D eigenvalue weighted by molar-refractivity contribution is -0.149. The molecule has 0 bridgehead atoms. The van der Waals surface area contributed by atoms with E-state index in [0.717, 1.165) is 4.90 Å². The lowest BCUT2D eigenvalue weighted by atomic mass is 10.0. The van der Waals surface area contributed by atoms with Crippen molar-refractivity contribution in [2.75, 3.05) is 27.2 Å². The Labute approximate surface area is 249 Å². The number of nitrogens with two attached hydrogens (primary N) is 2. The monoisotopic (exact) mass is 615 g/mol. The third-order valence-corrected chi connectivity index (χ3v) is 6.31. The van der Waals surface area contributed by atoms with Gasteiger partial charge < -0.3 is 53.2 Å². The molecule has 5 atom stereocenters. The first-order valence-electron chi connectivity index (χ1n) is 13.5. The topological polar surface area (TPSA) is 288 Å². The van der Waals surface area contributed by atoms with Crippen LogP contribution in [-0.4, -0.2) is 120 Å². The summed E-state index contributed by atoms with van der Waals surface area (Å²) >= 11 is 0. The number of carbonyl (C=O) groups excluding carboxylic acids is 5. The predicted molar refractivity (Wildman–Crippen MR) is 154 cm³/mol. The molecule has 5 amide bonds. The molecule has 0 aromatic heterocycles. The van der Waals surface area contributed by atoms with Crippen LogP contribution >= 0.6 is 0 Å². The molecular weight excluding hydrogens is 570 g/mol. The highest BCUT2D eigenvalue weighted by atomic mass is 16.4. The second kappa shape index (κ2) is 18.9. The van der Waals surface area contributed by atoms with Gasteiger partial charge in [-0.2, -0.15) is 0 Å². The number of carboxylic acid groups (broad SMARTS) is 2. The van der Waals surface area contributed by atoms with E-state index in [1.807, 2.05) is 13.8 Å². The van der Waals surface area contributed by atoms with Crippen molar-refractivity contribution >= 4 is 47.4 Å². The molecule has 0 fully saturated rings. The summed E-state index contributed by atoms with van der Waals surface area (Å²) in [6, 6.07) is -5.74. The van der Waals surface area contributed by atoms with Crippen LogP contribution in [0, 0.1) is 5.92 Å². The standard InChI is InChI=1S/C25H45N9O9/c1-12(2)19(28-5)22(40)33-15(8-7-9-29-25(26)27)20(38)30-11-17(35)32-16(10-18(36)37)21(39)31-13(3)23(41)34(6)14(4)24(42)43/h12-16,19,28H,7-11H2,1-6H3,(H,30,38)(H,31,39)(H,32,35)(H,33,40)(H,36,37)(H,42,43)(H4,26,27,29)/t13-,14-,15-,16-,19-/m0/s1. The summed E-state index contributed by atoms with van der Waals surface area (Å²) in [4.78, 5) is 90.6.